The van der Waals surface area contributed by atoms with Gasteiger partial charge in [0.15, 0.2) is 0 Å². The van der Waals surface area contributed by atoms with Gasteiger partial charge >= 0.3 is 0 Å². The zero-order valence-corrected chi connectivity index (χ0v) is 12.6. The number of hydrogen-bond acceptors (Lipinski definition) is 4. The van der Waals surface area contributed by atoms with Crippen molar-refractivity contribution in [2.45, 2.75) is 37.4 Å². The van der Waals surface area contributed by atoms with Crippen LogP contribution in [0.25, 0.3) is 0 Å². The van der Waals surface area contributed by atoms with Gasteiger partial charge in [-0.3, -0.25) is 0 Å². The van der Waals surface area contributed by atoms with Crippen LogP contribution in [0.1, 0.15) is 24.8 Å². The topological polar surface area (TPSA) is 47.9 Å². The fourth-order valence-corrected chi connectivity index (χ4v) is 3.52. The van der Waals surface area contributed by atoms with Gasteiger partial charge in [0.2, 0.25) is 0 Å². The summed E-state index contributed by atoms with van der Waals surface area (Å²) < 4.78 is 16.8. The molecular weight excluding hydrogens is 268 g/mol. The first-order valence-electron chi connectivity index (χ1n) is 7.74. The van der Waals surface area contributed by atoms with Crippen LogP contribution < -0.4 is 4.74 Å². The van der Waals surface area contributed by atoms with E-state index in [-0.39, 0.29) is 17.6 Å². The van der Waals surface area contributed by atoms with Crippen molar-refractivity contribution in [1.29, 1.82) is 0 Å². The second-order valence-electron chi connectivity index (χ2n) is 6.17. The van der Waals surface area contributed by atoms with E-state index in [9.17, 15) is 5.11 Å². The van der Waals surface area contributed by atoms with E-state index >= 15 is 0 Å². The third-order valence-electron chi connectivity index (χ3n) is 4.76. The van der Waals surface area contributed by atoms with Crippen LogP contribution in [-0.2, 0) is 15.9 Å². The van der Waals surface area contributed by atoms with E-state index in [1.165, 1.54) is 0 Å². The number of rotatable bonds is 4. The zero-order chi connectivity index (χ0) is 14.7. The molecule has 116 valence electrons. The van der Waals surface area contributed by atoms with Crippen molar-refractivity contribution in [2.24, 2.45) is 5.92 Å². The van der Waals surface area contributed by atoms with E-state index in [0.29, 0.717) is 13.0 Å². The molecule has 0 saturated carbocycles. The lowest BCUT2D eigenvalue weighted by molar-refractivity contribution is -0.116. The standard InChI is InChI=1S/C17H24O4/c1-19-16-5-3-2-4-13(16)10-15(18)14-6-8-21-17(11-14)7-9-20-12-17/h2-5,14-15,18H,6-12H2,1H3. The normalized spacial score (nSPS) is 30.5. The summed E-state index contributed by atoms with van der Waals surface area (Å²) in [5.41, 5.74) is 0.917. The van der Waals surface area contributed by atoms with E-state index in [2.05, 4.69) is 0 Å². The molecule has 0 bridgehead atoms. The molecule has 0 amide bonds. The molecule has 2 aliphatic rings. The summed E-state index contributed by atoms with van der Waals surface area (Å²) in [7, 11) is 1.67. The molecule has 1 spiro atoms. The summed E-state index contributed by atoms with van der Waals surface area (Å²) in [4.78, 5) is 0. The molecule has 4 nitrogen and oxygen atoms in total. The Labute approximate surface area is 126 Å². The minimum absolute atomic E-state index is 0.148. The van der Waals surface area contributed by atoms with Gasteiger partial charge in [0.25, 0.3) is 0 Å². The molecule has 21 heavy (non-hydrogen) atoms. The van der Waals surface area contributed by atoms with Gasteiger partial charge < -0.3 is 19.3 Å². The van der Waals surface area contributed by atoms with Crippen molar-refractivity contribution in [3.8, 4) is 5.75 Å². The molecule has 3 unspecified atom stereocenters. The van der Waals surface area contributed by atoms with Crippen molar-refractivity contribution >= 4 is 0 Å². The molecule has 0 aromatic heterocycles. The van der Waals surface area contributed by atoms with E-state index in [1.54, 1.807) is 7.11 Å². The summed E-state index contributed by atoms with van der Waals surface area (Å²) in [6.45, 7) is 2.16. The maximum absolute atomic E-state index is 10.6. The number of benzene rings is 1. The van der Waals surface area contributed by atoms with Crippen molar-refractivity contribution in [3.63, 3.8) is 0 Å². The number of aliphatic hydroxyl groups excluding tert-OH is 1. The fraction of sp³-hybridized carbons (Fsp3) is 0.647. The van der Waals surface area contributed by atoms with Gasteiger partial charge in [0.1, 0.15) is 5.75 Å². The van der Waals surface area contributed by atoms with Gasteiger partial charge in [0.05, 0.1) is 25.4 Å². The minimum atomic E-state index is -0.359. The van der Waals surface area contributed by atoms with Crippen LogP contribution in [0.2, 0.25) is 0 Å². The molecule has 2 aliphatic heterocycles. The number of aliphatic hydroxyl groups is 1. The van der Waals surface area contributed by atoms with Gasteiger partial charge in [-0.15, -0.1) is 0 Å². The Bertz CT molecular complexity index is 468. The lowest BCUT2D eigenvalue weighted by atomic mass is 9.80. The smallest absolute Gasteiger partial charge is 0.122 e. The van der Waals surface area contributed by atoms with E-state index < -0.39 is 0 Å². The van der Waals surface area contributed by atoms with E-state index in [1.807, 2.05) is 24.3 Å². The third kappa shape index (κ3) is 3.23. The molecule has 2 saturated heterocycles. The van der Waals surface area contributed by atoms with Gasteiger partial charge in [-0.05, 0) is 30.4 Å². The van der Waals surface area contributed by atoms with Crippen molar-refractivity contribution < 1.29 is 19.3 Å². The van der Waals surface area contributed by atoms with Crippen LogP contribution in [0.15, 0.2) is 24.3 Å². The molecule has 2 fully saturated rings. The maximum atomic E-state index is 10.6. The van der Waals surface area contributed by atoms with Crippen LogP contribution in [0.5, 0.6) is 5.75 Å². The van der Waals surface area contributed by atoms with E-state index in [0.717, 1.165) is 43.8 Å². The Morgan fingerprint density at radius 1 is 1.38 bits per heavy atom. The number of methoxy groups -OCH3 is 1. The van der Waals surface area contributed by atoms with Crippen molar-refractivity contribution in [3.05, 3.63) is 29.8 Å². The van der Waals surface area contributed by atoms with Crippen molar-refractivity contribution in [2.75, 3.05) is 26.9 Å². The highest BCUT2D eigenvalue weighted by atomic mass is 16.6. The molecule has 1 aromatic rings. The van der Waals surface area contributed by atoms with Crippen molar-refractivity contribution in [1.82, 2.24) is 0 Å². The van der Waals surface area contributed by atoms with Gasteiger partial charge in [-0.1, -0.05) is 18.2 Å². The molecule has 4 heteroatoms. The van der Waals surface area contributed by atoms with E-state index in [4.69, 9.17) is 14.2 Å². The summed E-state index contributed by atoms with van der Waals surface area (Å²) in [5.74, 6) is 1.12. The Morgan fingerprint density at radius 2 is 2.24 bits per heavy atom. The average molecular weight is 292 g/mol. The SMILES string of the molecule is COc1ccccc1CC(O)C1CCOC2(CCOC2)C1. The quantitative estimate of drug-likeness (QED) is 0.924. The maximum Gasteiger partial charge on any atom is 0.122 e. The first-order chi connectivity index (χ1) is 10.2. The molecule has 3 rings (SSSR count). The van der Waals surface area contributed by atoms with Gasteiger partial charge in [-0.2, -0.15) is 0 Å². The first kappa shape index (κ1) is 14.8. The van der Waals surface area contributed by atoms with Crippen LogP contribution in [0.3, 0.4) is 0 Å². The largest absolute Gasteiger partial charge is 0.496 e. The van der Waals surface area contributed by atoms with Crippen LogP contribution in [0.4, 0.5) is 0 Å². The second kappa shape index (κ2) is 6.34. The number of ether oxygens (including phenoxy) is 3. The fourth-order valence-electron chi connectivity index (χ4n) is 3.52. The Kier molecular flexibility index (Phi) is 4.48. The monoisotopic (exact) mass is 292 g/mol. The second-order valence-corrected chi connectivity index (χ2v) is 6.17. The van der Waals surface area contributed by atoms with Gasteiger partial charge in [-0.25, -0.2) is 0 Å². The van der Waals surface area contributed by atoms with Gasteiger partial charge in [0, 0.05) is 26.1 Å². The predicted octanol–water partition coefficient (Wildman–Crippen LogP) is 2.18. The highest BCUT2D eigenvalue weighted by molar-refractivity contribution is 5.33. The number of para-hydroxylation sites is 1. The molecule has 0 aliphatic carbocycles. The lowest BCUT2D eigenvalue weighted by Crippen LogP contribution is -2.44. The minimum Gasteiger partial charge on any atom is -0.496 e. The zero-order valence-electron chi connectivity index (χ0n) is 12.6. The Balaban J connectivity index is 1.66. The van der Waals surface area contributed by atoms with Crippen LogP contribution in [0, 0.1) is 5.92 Å². The predicted molar refractivity (Wildman–Crippen MR) is 79.5 cm³/mol. The molecular formula is C17H24O4. The average Bonchev–Trinajstić information content (AvgIpc) is 2.95. The highest BCUT2D eigenvalue weighted by Crippen LogP contribution is 2.38. The summed E-state index contributed by atoms with van der Waals surface area (Å²) >= 11 is 0. The highest BCUT2D eigenvalue weighted by Gasteiger charge is 2.42. The first-order valence-corrected chi connectivity index (χ1v) is 7.74. The molecule has 0 radical (unpaired) electrons. The molecule has 1 N–H and O–H groups in total. The summed E-state index contributed by atoms with van der Waals surface area (Å²) in [5, 5.41) is 10.6. The number of hydrogen-bond donors (Lipinski definition) is 1. The molecule has 1 aromatic carbocycles. The Hall–Kier alpha value is -1.10. The third-order valence-corrected chi connectivity index (χ3v) is 4.76. The van der Waals surface area contributed by atoms with Crippen LogP contribution in [-0.4, -0.2) is 43.7 Å². The lowest BCUT2D eigenvalue weighted by Gasteiger charge is -2.39. The van der Waals surface area contributed by atoms with Crippen LogP contribution >= 0.6 is 0 Å². The molecule has 3 atom stereocenters. The summed E-state index contributed by atoms with van der Waals surface area (Å²) in [6, 6.07) is 7.91. The summed E-state index contributed by atoms with van der Waals surface area (Å²) in [6.07, 6.45) is 3.03. The Morgan fingerprint density at radius 3 is 3.00 bits per heavy atom. The molecule has 2 heterocycles.